The summed E-state index contributed by atoms with van der Waals surface area (Å²) in [6.07, 6.45) is 1.28. The first-order valence-corrected chi connectivity index (χ1v) is 6.17. The molecule has 1 heterocycles. The van der Waals surface area contributed by atoms with Gasteiger partial charge in [-0.25, -0.2) is 0 Å². The highest BCUT2D eigenvalue weighted by Gasteiger charge is 2.16. The molecule has 0 spiro atoms. The van der Waals surface area contributed by atoms with E-state index in [9.17, 15) is 4.79 Å². The third kappa shape index (κ3) is 2.93. The van der Waals surface area contributed by atoms with E-state index in [0.717, 1.165) is 12.0 Å². The predicted octanol–water partition coefficient (Wildman–Crippen LogP) is 2.50. The largest absolute Gasteiger partial charge is 0.481 e. The van der Waals surface area contributed by atoms with Gasteiger partial charge in [-0.1, -0.05) is 36.3 Å². The zero-order valence-corrected chi connectivity index (χ0v) is 10.7. The van der Waals surface area contributed by atoms with Crippen molar-refractivity contribution in [3.8, 4) is 11.1 Å². The summed E-state index contributed by atoms with van der Waals surface area (Å²) in [7, 11) is 0. The van der Waals surface area contributed by atoms with Gasteiger partial charge >= 0.3 is 5.97 Å². The van der Waals surface area contributed by atoms with E-state index in [4.69, 9.17) is 15.4 Å². The summed E-state index contributed by atoms with van der Waals surface area (Å²) in [6.45, 7) is 2.08. The number of aliphatic carboxylic acids is 1. The normalized spacial score (nSPS) is 10.6. The fraction of sp³-hybridized carbons (Fsp3) is 0.286. The predicted molar refractivity (Wildman–Crippen MR) is 71.7 cm³/mol. The fourth-order valence-electron chi connectivity index (χ4n) is 1.95. The van der Waals surface area contributed by atoms with Gasteiger partial charge in [-0.2, -0.15) is 0 Å². The van der Waals surface area contributed by atoms with Crippen LogP contribution in [0.1, 0.15) is 24.6 Å². The number of carboxylic acids is 1. The van der Waals surface area contributed by atoms with Crippen molar-refractivity contribution in [3.63, 3.8) is 0 Å². The van der Waals surface area contributed by atoms with Crippen molar-refractivity contribution >= 4 is 11.9 Å². The third-order valence-corrected chi connectivity index (χ3v) is 3.02. The van der Waals surface area contributed by atoms with E-state index in [0.29, 0.717) is 17.7 Å². The topological polar surface area (TPSA) is 89.3 Å². The molecule has 0 aliphatic heterocycles. The lowest BCUT2D eigenvalue weighted by molar-refractivity contribution is -0.136. The highest BCUT2D eigenvalue weighted by Crippen LogP contribution is 2.30. The second-order valence-corrected chi connectivity index (χ2v) is 4.31. The molecule has 19 heavy (non-hydrogen) atoms. The Labute approximate surface area is 111 Å². The van der Waals surface area contributed by atoms with E-state index in [1.54, 1.807) is 0 Å². The number of anilines is 1. The number of nitrogen functional groups attached to an aromatic ring is 1. The molecule has 0 saturated heterocycles. The molecule has 1 aromatic heterocycles. The van der Waals surface area contributed by atoms with Gasteiger partial charge in [0.25, 0.3) is 0 Å². The molecule has 0 saturated carbocycles. The number of carboxylic acid groups (broad SMARTS) is 1. The van der Waals surface area contributed by atoms with Crippen molar-refractivity contribution < 1.29 is 14.4 Å². The van der Waals surface area contributed by atoms with Gasteiger partial charge in [0.15, 0.2) is 0 Å². The lowest BCUT2D eigenvalue weighted by Crippen LogP contribution is -1.99. The zero-order valence-electron chi connectivity index (χ0n) is 10.7. The summed E-state index contributed by atoms with van der Waals surface area (Å²) < 4.78 is 4.97. The van der Waals surface area contributed by atoms with Crippen LogP contribution in [0.25, 0.3) is 11.1 Å². The lowest BCUT2D eigenvalue weighted by Gasteiger charge is -2.03. The number of aromatic nitrogens is 1. The first-order valence-electron chi connectivity index (χ1n) is 6.17. The Balaban J connectivity index is 2.31. The molecule has 0 unspecified atom stereocenters. The van der Waals surface area contributed by atoms with Crippen LogP contribution in [-0.4, -0.2) is 16.2 Å². The van der Waals surface area contributed by atoms with E-state index in [1.807, 2.05) is 24.3 Å². The van der Waals surface area contributed by atoms with Crippen LogP contribution in [-0.2, 0) is 17.6 Å². The van der Waals surface area contributed by atoms with Crippen molar-refractivity contribution in [3.05, 3.63) is 35.5 Å². The lowest BCUT2D eigenvalue weighted by atomic mass is 10.0. The van der Waals surface area contributed by atoms with Crippen molar-refractivity contribution in [2.45, 2.75) is 26.2 Å². The van der Waals surface area contributed by atoms with Gasteiger partial charge in [-0.15, -0.1) is 0 Å². The summed E-state index contributed by atoms with van der Waals surface area (Å²) >= 11 is 0. The summed E-state index contributed by atoms with van der Waals surface area (Å²) in [5.41, 5.74) is 9.19. The average molecular weight is 260 g/mol. The zero-order chi connectivity index (χ0) is 13.8. The summed E-state index contributed by atoms with van der Waals surface area (Å²) in [5.74, 6) is -0.640. The Morgan fingerprint density at radius 3 is 2.63 bits per heavy atom. The summed E-state index contributed by atoms with van der Waals surface area (Å²) in [5, 5.41) is 12.6. The van der Waals surface area contributed by atoms with Gasteiger partial charge in [-0.05, 0) is 17.5 Å². The molecule has 5 nitrogen and oxygen atoms in total. The minimum absolute atomic E-state index is 0.00597. The van der Waals surface area contributed by atoms with E-state index in [-0.39, 0.29) is 12.3 Å². The van der Waals surface area contributed by atoms with Crippen LogP contribution in [0.3, 0.4) is 0 Å². The van der Waals surface area contributed by atoms with E-state index >= 15 is 0 Å². The van der Waals surface area contributed by atoms with Crippen LogP contribution in [0.2, 0.25) is 0 Å². The van der Waals surface area contributed by atoms with Crippen LogP contribution in [0.15, 0.2) is 28.8 Å². The number of benzene rings is 1. The Kier molecular flexibility index (Phi) is 3.85. The summed E-state index contributed by atoms with van der Waals surface area (Å²) in [6, 6.07) is 7.93. The molecule has 0 aliphatic carbocycles. The number of hydrogen-bond acceptors (Lipinski definition) is 4. The van der Waals surface area contributed by atoms with Gasteiger partial charge in [0.05, 0.1) is 17.7 Å². The van der Waals surface area contributed by atoms with Gasteiger partial charge in [-0.3, -0.25) is 4.79 Å². The monoisotopic (exact) mass is 260 g/mol. The first-order chi connectivity index (χ1) is 9.11. The minimum atomic E-state index is -0.867. The van der Waals surface area contributed by atoms with Gasteiger partial charge < -0.3 is 15.4 Å². The Hall–Kier alpha value is -2.30. The van der Waals surface area contributed by atoms with Crippen LogP contribution in [0.4, 0.5) is 5.88 Å². The number of nitrogens with zero attached hydrogens (tertiary/aromatic N) is 1. The molecule has 2 aromatic rings. The number of aryl methyl sites for hydroxylation is 2. The maximum absolute atomic E-state index is 10.6. The Morgan fingerprint density at radius 1 is 1.37 bits per heavy atom. The van der Waals surface area contributed by atoms with E-state index < -0.39 is 5.97 Å². The molecule has 1 aromatic carbocycles. The smallest absolute Gasteiger partial charge is 0.303 e. The maximum atomic E-state index is 10.6. The SMILES string of the molecule is CCc1ccc(-c2c(CCC(=O)O)noc2N)cc1. The van der Waals surface area contributed by atoms with E-state index in [1.165, 1.54) is 5.56 Å². The molecule has 2 rings (SSSR count). The van der Waals surface area contributed by atoms with Crippen LogP contribution in [0, 0.1) is 0 Å². The second kappa shape index (κ2) is 5.56. The molecule has 5 heteroatoms. The van der Waals surface area contributed by atoms with Crippen molar-refractivity contribution in [2.24, 2.45) is 0 Å². The number of carbonyl (C=O) groups is 1. The number of nitrogens with two attached hydrogens (primary N) is 1. The van der Waals surface area contributed by atoms with Crippen LogP contribution < -0.4 is 5.73 Å². The standard InChI is InChI=1S/C14H16N2O3/c1-2-9-3-5-10(6-4-9)13-11(7-8-12(17)18)16-19-14(13)15/h3-6H,2,7-8,15H2,1H3,(H,17,18). The van der Waals surface area contributed by atoms with E-state index in [2.05, 4.69) is 12.1 Å². The molecule has 0 aliphatic rings. The molecule has 0 fully saturated rings. The van der Waals surface area contributed by atoms with Crippen molar-refractivity contribution in [1.29, 1.82) is 0 Å². The Morgan fingerprint density at radius 2 is 2.05 bits per heavy atom. The quantitative estimate of drug-likeness (QED) is 0.862. The minimum Gasteiger partial charge on any atom is -0.481 e. The van der Waals surface area contributed by atoms with Crippen LogP contribution >= 0.6 is 0 Å². The molecule has 3 N–H and O–H groups in total. The van der Waals surface area contributed by atoms with Crippen molar-refractivity contribution in [2.75, 3.05) is 5.73 Å². The van der Waals surface area contributed by atoms with Crippen molar-refractivity contribution in [1.82, 2.24) is 5.16 Å². The molecule has 100 valence electrons. The highest BCUT2D eigenvalue weighted by atomic mass is 16.5. The Bertz CT molecular complexity index is 573. The molecular weight excluding hydrogens is 244 g/mol. The molecule has 0 atom stereocenters. The number of hydrogen-bond donors (Lipinski definition) is 2. The molecule has 0 amide bonds. The molecule has 0 radical (unpaired) electrons. The average Bonchev–Trinajstić information content (AvgIpc) is 2.78. The highest BCUT2D eigenvalue weighted by molar-refractivity contribution is 5.76. The molecular formula is C14H16N2O3. The van der Waals surface area contributed by atoms with Gasteiger partial charge in [0.2, 0.25) is 5.88 Å². The fourth-order valence-corrected chi connectivity index (χ4v) is 1.95. The van der Waals surface area contributed by atoms with Crippen LogP contribution in [0.5, 0.6) is 0 Å². The first kappa shape index (κ1) is 13.1. The number of rotatable bonds is 5. The van der Waals surface area contributed by atoms with Gasteiger partial charge in [0, 0.05) is 6.42 Å². The maximum Gasteiger partial charge on any atom is 0.303 e. The van der Waals surface area contributed by atoms with Gasteiger partial charge in [0.1, 0.15) is 0 Å². The summed E-state index contributed by atoms with van der Waals surface area (Å²) in [4.78, 5) is 10.6. The molecule has 0 bridgehead atoms. The third-order valence-electron chi connectivity index (χ3n) is 3.02. The second-order valence-electron chi connectivity index (χ2n) is 4.31.